The predicted octanol–water partition coefficient (Wildman–Crippen LogP) is 1.60. The van der Waals surface area contributed by atoms with E-state index >= 15 is 0 Å². The fraction of sp³-hybridized carbons (Fsp3) is 0.500. The summed E-state index contributed by atoms with van der Waals surface area (Å²) in [6.45, 7) is 5.09. The molecule has 2 aliphatic rings. The topological polar surface area (TPSA) is 59.8 Å². The summed E-state index contributed by atoms with van der Waals surface area (Å²) in [5, 5.41) is 4.46. The molecule has 3 heterocycles. The molecular weight excluding hydrogens is 344 g/mol. The highest BCUT2D eigenvalue weighted by Gasteiger charge is 2.26. The summed E-state index contributed by atoms with van der Waals surface area (Å²) in [6.07, 6.45) is 0.804. The Kier molecular flexibility index (Phi) is 5.13. The van der Waals surface area contributed by atoms with Crippen LogP contribution in [0, 0.1) is 0 Å². The third kappa shape index (κ3) is 3.70. The number of amides is 1. The van der Waals surface area contributed by atoms with Gasteiger partial charge in [-0.2, -0.15) is 5.10 Å². The van der Waals surface area contributed by atoms with Gasteiger partial charge in [0.15, 0.2) is 5.69 Å². The highest BCUT2D eigenvalue weighted by atomic mass is 16.5. The average molecular weight is 370 g/mol. The van der Waals surface area contributed by atoms with E-state index in [2.05, 4.69) is 34.3 Å². The zero-order valence-electron chi connectivity index (χ0n) is 16.0. The summed E-state index contributed by atoms with van der Waals surface area (Å²) in [5.74, 6) is -0.0606. The lowest BCUT2D eigenvalue weighted by Crippen LogP contribution is -2.36. The molecule has 1 aromatic carbocycles. The van der Waals surface area contributed by atoms with Gasteiger partial charge in [0, 0.05) is 57.1 Å². The third-order valence-corrected chi connectivity index (χ3v) is 5.29. The van der Waals surface area contributed by atoms with Crippen molar-refractivity contribution in [1.29, 1.82) is 0 Å². The predicted molar refractivity (Wildman–Crippen MR) is 102 cm³/mol. The Balaban J connectivity index is 1.44. The molecule has 0 aliphatic carbocycles. The van der Waals surface area contributed by atoms with Crippen LogP contribution in [0.2, 0.25) is 0 Å². The first kappa shape index (κ1) is 18.0. The van der Waals surface area contributed by atoms with Crippen molar-refractivity contribution in [2.75, 3.05) is 44.9 Å². The van der Waals surface area contributed by atoms with Crippen LogP contribution in [0.1, 0.15) is 27.3 Å². The van der Waals surface area contributed by atoms with Gasteiger partial charge in [-0.15, -0.1) is 0 Å². The van der Waals surface area contributed by atoms with Gasteiger partial charge in [0.2, 0.25) is 0 Å². The number of anilines is 1. The molecule has 0 saturated carbocycles. The van der Waals surface area contributed by atoms with Crippen LogP contribution in [0.3, 0.4) is 0 Å². The van der Waals surface area contributed by atoms with Gasteiger partial charge in [0.25, 0.3) is 5.91 Å². The van der Waals surface area contributed by atoms with Crippen molar-refractivity contribution in [2.45, 2.75) is 19.6 Å². The zero-order chi connectivity index (χ0) is 18.8. The number of aryl methyl sites for hydroxylation is 1. The maximum Gasteiger partial charge on any atom is 0.274 e. The normalized spacial score (nSPS) is 16.9. The van der Waals surface area contributed by atoms with Gasteiger partial charge in [0.1, 0.15) is 0 Å². The molecule has 144 valence electrons. The molecule has 4 rings (SSSR count). The van der Waals surface area contributed by atoms with Gasteiger partial charge in [-0.1, -0.05) is 12.1 Å². The second kappa shape index (κ2) is 7.70. The van der Waals surface area contributed by atoms with Gasteiger partial charge >= 0.3 is 0 Å². The molecule has 1 saturated heterocycles. The minimum absolute atomic E-state index is 0.0606. The Labute approximate surface area is 159 Å². The van der Waals surface area contributed by atoms with Crippen molar-refractivity contribution in [3.8, 4) is 0 Å². The first-order valence-corrected chi connectivity index (χ1v) is 9.43. The van der Waals surface area contributed by atoms with E-state index in [4.69, 9.17) is 9.47 Å². The molecular formula is C20H26N4O3. The number of fused-ring (bicyclic) bond motifs is 1. The van der Waals surface area contributed by atoms with Crippen LogP contribution in [0.4, 0.5) is 5.69 Å². The molecule has 0 unspecified atom stereocenters. The third-order valence-electron chi connectivity index (χ3n) is 5.29. The molecule has 1 amide bonds. The van der Waals surface area contributed by atoms with Gasteiger partial charge in [-0.3, -0.25) is 9.48 Å². The summed E-state index contributed by atoms with van der Waals surface area (Å²) in [5.41, 5.74) is 4.85. The van der Waals surface area contributed by atoms with Crippen molar-refractivity contribution in [3.05, 3.63) is 46.8 Å². The molecule has 2 aromatic rings. The zero-order valence-corrected chi connectivity index (χ0v) is 16.0. The first-order valence-electron chi connectivity index (χ1n) is 9.43. The first-order chi connectivity index (χ1) is 13.1. The Morgan fingerprint density at radius 1 is 1.15 bits per heavy atom. The summed E-state index contributed by atoms with van der Waals surface area (Å²) in [4.78, 5) is 17.0. The van der Waals surface area contributed by atoms with Crippen LogP contribution in [0.25, 0.3) is 0 Å². The number of carbonyl (C=O) groups is 1. The molecule has 1 aromatic heterocycles. The van der Waals surface area contributed by atoms with Crippen LogP contribution in [-0.4, -0.2) is 60.5 Å². The number of hydrogen-bond acceptors (Lipinski definition) is 5. The maximum atomic E-state index is 12.9. The van der Waals surface area contributed by atoms with E-state index in [1.807, 2.05) is 18.8 Å². The molecule has 0 atom stereocenters. The van der Waals surface area contributed by atoms with E-state index in [0.717, 1.165) is 49.5 Å². The van der Waals surface area contributed by atoms with E-state index < -0.39 is 0 Å². The smallest absolute Gasteiger partial charge is 0.274 e. The van der Waals surface area contributed by atoms with E-state index in [1.54, 1.807) is 4.90 Å². The summed E-state index contributed by atoms with van der Waals surface area (Å²) >= 11 is 0. The molecule has 0 bridgehead atoms. The summed E-state index contributed by atoms with van der Waals surface area (Å²) in [6, 6.07) is 8.42. The molecule has 0 radical (unpaired) electrons. The molecule has 1 fully saturated rings. The van der Waals surface area contributed by atoms with Gasteiger partial charge < -0.3 is 19.3 Å². The highest BCUT2D eigenvalue weighted by Crippen LogP contribution is 2.22. The Hall–Kier alpha value is -2.38. The molecule has 0 N–H and O–H groups in total. The number of ether oxygens (including phenoxy) is 2. The van der Waals surface area contributed by atoms with Crippen LogP contribution in [0.15, 0.2) is 24.3 Å². The summed E-state index contributed by atoms with van der Waals surface area (Å²) < 4.78 is 12.8. The van der Waals surface area contributed by atoms with Gasteiger partial charge in [0.05, 0.1) is 26.4 Å². The Morgan fingerprint density at radius 2 is 1.89 bits per heavy atom. The van der Waals surface area contributed by atoms with E-state index in [9.17, 15) is 4.79 Å². The van der Waals surface area contributed by atoms with Crippen LogP contribution >= 0.6 is 0 Å². The lowest BCUT2D eigenvalue weighted by Gasteiger charge is -2.29. The fourth-order valence-electron chi connectivity index (χ4n) is 3.74. The number of nitrogens with zero attached hydrogens (tertiary/aromatic N) is 4. The number of rotatable bonds is 4. The molecule has 2 aliphatic heterocycles. The number of hydrogen-bond donors (Lipinski definition) is 0. The number of morpholine rings is 1. The van der Waals surface area contributed by atoms with Gasteiger partial charge in [-0.05, 0) is 17.7 Å². The van der Waals surface area contributed by atoms with Crippen molar-refractivity contribution in [2.24, 2.45) is 7.05 Å². The van der Waals surface area contributed by atoms with Crippen molar-refractivity contribution in [1.82, 2.24) is 14.7 Å². The largest absolute Gasteiger partial charge is 0.378 e. The van der Waals surface area contributed by atoms with Crippen molar-refractivity contribution >= 4 is 11.6 Å². The molecule has 7 nitrogen and oxygen atoms in total. The quantitative estimate of drug-likeness (QED) is 0.818. The standard InChI is InChI=1S/C20H26N4O3/c1-22(20(25)19-17-14-27-10-7-18(17)23(2)21-19)13-15-3-5-16(6-4-15)24-8-11-26-12-9-24/h3-6H,7-14H2,1-2H3. The fourth-order valence-corrected chi connectivity index (χ4v) is 3.74. The van der Waals surface area contributed by atoms with Crippen LogP contribution in [0.5, 0.6) is 0 Å². The monoisotopic (exact) mass is 370 g/mol. The van der Waals surface area contributed by atoms with Crippen LogP contribution < -0.4 is 4.90 Å². The summed E-state index contributed by atoms with van der Waals surface area (Å²) in [7, 11) is 3.72. The minimum atomic E-state index is -0.0606. The number of benzene rings is 1. The number of carbonyl (C=O) groups excluding carboxylic acids is 1. The minimum Gasteiger partial charge on any atom is -0.378 e. The van der Waals surface area contributed by atoms with Crippen LogP contribution in [-0.2, 0) is 36.1 Å². The lowest BCUT2D eigenvalue weighted by atomic mass is 10.1. The highest BCUT2D eigenvalue weighted by molar-refractivity contribution is 5.93. The molecule has 7 heteroatoms. The molecule has 0 spiro atoms. The Morgan fingerprint density at radius 3 is 2.63 bits per heavy atom. The van der Waals surface area contributed by atoms with E-state index in [0.29, 0.717) is 25.5 Å². The lowest BCUT2D eigenvalue weighted by molar-refractivity contribution is 0.0764. The van der Waals surface area contributed by atoms with E-state index in [1.165, 1.54) is 5.69 Å². The SMILES string of the molecule is CN(Cc1ccc(N2CCOCC2)cc1)C(=O)c1nn(C)c2c1COCC2. The Bertz CT molecular complexity index is 809. The number of aromatic nitrogens is 2. The second-order valence-corrected chi connectivity index (χ2v) is 7.13. The van der Waals surface area contributed by atoms with Crippen molar-refractivity contribution in [3.63, 3.8) is 0 Å². The average Bonchev–Trinajstić information content (AvgIpc) is 3.05. The van der Waals surface area contributed by atoms with E-state index in [-0.39, 0.29) is 5.91 Å². The molecule has 27 heavy (non-hydrogen) atoms. The second-order valence-electron chi connectivity index (χ2n) is 7.13. The maximum absolute atomic E-state index is 12.9. The van der Waals surface area contributed by atoms with Gasteiger partial charge in [-0.25, -0.2) is 0 Å². The van der Waals surface area contributed by atoms with Crippen molar-refractivity contribution < 1.29 is 14.3 Å².